The topological polar surface area (TPSA) is 6.48 Å². The van der Waals surface area contributed by atoms with E-state index in [1.807, 2.05) is 0 Å². The number of allylic oxidation sites excluding steroid dienone is 2. The smallest absolute Gasteiger partial charge is 0.0942 e. The number of hydrogen-bond donors (Lipinski definition) is 0. The van der Waals surface area contributed by atoms with Gasteiger partial charge in [-0.2, -0.15) is 0 Å². The van der Waals surface area contributed by atoms with Gasteiger partial charge in [0.15, 0.2) is 0 Å². The van der Waals surface area contributed by atoms with Crippen LogP contribution in [0.2, 0.25) is 0 Å². The maximum atomic E-state index is 2.58. The first kappa shape index (κ1) is 16.1. The molecule has 0 amide bonds. The van der Waals surface area contributed by atoms with Crippen LogP contribution in [0.15, 0.2) is 11.4 Å². The first-order valence-electron chi connectivity index (χ1n) is 7.14. The third-order valence-electron chi connectivity index (χ3n) is 3.44. The van der Waals surface area contributed by atoms with Crippen molar-refractivity contribution >= 4 is 22.6 Å². The Morgan fingerprint density at radius 2 is 0.889 bits per heavy atom. The van der Waals surface area contributed by atoms with Gasteiger partial charge < -0.3 is 9.80 Å². The Kier molecular flexibility index (Phi) is 5.39. The monoisotopic (exact) mass is 364 g/mol. The Morgan fingerprint density at radius 3 is 1.06 bits per heavy atom. The van der Waals surface area contributed by atoms with E-state index >= 15 is 0 Å². The van der Waals surface area contributed by atoms with Gasteiger partial charge in [-0.15, -0.1) is 0 Å². The second kappa shape index (κ2) is 6.02. The molecule has 0 saturated carbocycles. The fourth-order valence-electron chi connectivity index (χ4n) is 3.01. The van der Waals surface area contributed by atoms with Crippen LogP contribution in [-0.2, 0) is 0 Å². The molecule has 0 bridgehead atoms. The van der Waals surface area contributed by atoms with E-state index < -0.39 is 0 Å². The molecule has 0 aromatic carbocycles. The highest BCUT2D eigenvalue weighted by atomic mass is 127. The van der Waals surface area contributed by atoms with E-state index in [0.29, 0.717) is 28.1 Å². The summed E-state index contributed by atoms with van der Waals surface area (Å²) in [6, 6.07) is 2.32. The molecule has 0 spiro atoms. The average molecular weight is 364 g/mol. The fraction of sp³-hybridized carbons (Fsp3) is 0.867. The van der Waals surface area contributed by atoms with Gasteiger partial charge in [-0.25, -0.2) is 0 Å². The van der Waals surface area contributed by atoms with Crippen molar-refractivity contribution in [1.29, 1.82) is 0 Å². The molecular weight excluding hydrogens is 335 g/mol. The zero-order valence-corrected chi connectivity index (χ0v) is 15.3. The van der Waals surface area contributed by atoms with Crippen LogP contribution in [0.3, 0.4) is 0 Å². The Morgan fingerprint density at radius 1 is 0.667 bits per heavy atom. The maximum Gasteiger partial charge on any atom is 0.0942 e. The van der Waals surface area contributed by atoms with Crippen molar-refractivity contribution in [2.24, 2.45) is 0 Å². The van der Waals surface area contributed by atoms with E-state index in [1.54, 1.807) is 11.4 Å². The number of halogens is 1. The lowest BCUT2D eigenvalue weighted by molar-refractivity contribution is 0.225. The van der Waals surface area contributed by atoms with Gasteiger partial charge in [0.1, 0.15) is 0 Å². The molecule has 1 rings (SSSR count). The lowest BCUT2D eigenvalue weighted by Gasteiger charge is -2.32. The van der Waals surface area contributed by atoms with Crippen molar-refractivity contribution in [2.75, 3.05) is 0 Å². The highest BCUT2D eigenvalue weighted by Crippen LogP contribution is 2.46. The van der Waals surface area contributed by atoms with E-state index in [-0.39, 0.29) is 0 Å². The minimum Gasteiger partial charge on any atom is -0.367 e. The summed E-state index contributed by atoms with van der Waals surface area (Å²) < 4.78 is 0.609. The molecule has 1 aliphatic carbocycles. The van der Waals surface area contributed by atoms with Crippen LogP contribution < -0.4 is 0 Å². The lowest BCUT2D eigenvalue weighted by Crippen LogP contribution is -2.35. The summed E-state index contributed by atoms with van der Waals surface area (Å²) in [6.07, 6.45) is 0. The van der Waals surface area contributed by atoms with Crippen LogP contribution in [0.25, 0.3) is 0 Å². The average Bonchev–Trinajstić information content (AvgIpc) is 2.76. The summed E-state index contributed by atoms with van der Waals surface area (Å²) >= 11 is 2.58. The molecule has 0 aromatic heterocycles. The van der Waals surface area contributed by atoms with Crippen molar-refractivity contribution < 1.29 is 0 Å². The molecule has 0 N–H and O–H groups in total. The van der Waals surface area contributed by atoms with Gasteiger partial charge in [0.2, 0.25) is 0 Å². The molecular formula is C15H29IN2. The zero-order chi connectivity index (χ0) is 14.2. The summed E-state index contributed by atoms with van der Waals surface area (Å²) in [7, 11) is 0. The molecule has 3 heteroatoms. The third kappa shape index (κ3) is 3.14. The second-order valence-electron chi connectivity index (χ2n) is 6.32. The molecule has 0 aliphatic heterocycles. The van der Waals surface area contributed by atoms with Gasteiger partial charge in [-0.05, 0) is 55.4 Å². The third-order valence-corrected chi connectivity index (χ3v) is 4.62. The van der Waals surface area contributed by atoms with E-state index in [1.165, 1.54) is 0 Å². The molecule has 106 valence electrons. The number of nitrogens with zero attached hydrogens (tertiary/aromatic N) is 2. The largest absolute Gasteiger partial charge is 0.367 e. The van der Waals surface area contributed by atoms with Crippen LogP contribution >= 0.6 is 22.6 Å². The standard InChI is InChI=1S/C15H29IN2/c1-9(2)17(10(3)4)14-13(16)15(14)18(11(5)6)12(7)8/h9-13H,1-8H3. The Labute approximate surface area is 127 Å². The van der Waals surface area contributed by atoms with Gasteiger partial charge in [0.05, 0.1) is 15.3 Å². The van der Waals surface area contributed by atoms with Crippen LogP contribution in [0.4, 0.5) is 0 Å². The fourth-order valence-corrected chi connectivity index (χ4v) is 4.11. The molecule has 0 saturated heterocycles. The summed E-state index contributed by atoms with van der Waals surface area (Å²) in [5, 5.41) is 0. The van der Waals surface area contributed by atoms with Crippen LogP contribution in [0.5, 0.6) is 0 Å². The van der Waals surface area contributed by atoms with E-state index in [0.717, 1.165) is 0 Å². The second-order valence-corrected chi connectivity index (χ2v) is 7.57. The summed E-state index contributed by atoms with van der Waals surface area (Å²) in [5.41, 5.74) is 3.12. The first-order chi connectivity index (χ1) is 8.20. The van der Waals surface area contributed by atoms with Crippen LogP contribution in [0.1, 0.15) is 55.4 Å². The SMILES string of the molecule is CC(C)N(C1=C(N(C(C)C)C(C)C)C1I)C(C)C. The number of hydrogen-bond acceptors (Lipinski definition) is 2. The van der Waals surface area contributed by atoms with Gasteiger partial charge >= 0.3 is 0 Å². The van der Waals surface area contributed by atoms with Gasteiger partial charge in [-0.1, -0.05) is 22.6 Å². The van der Waals surface area contributed by atoms with Crippen molar-refractivity contribution in [3.63, 3.8) is 0 Å². The molecule has 0 atom stereocenters. The molecule has 0 fully saturated rings. The van der Waals surface area contributed by atoms with Crippen LogP contribution in [-0.4, -0.2) is 37.9 Å². The minimum absolute atomic E-state index is 0.580. The summed E-state index contributed by atoms with van der Waals surface area (Å²) in [4.78, 5) is 5.15. The molecule has 2 nitrogen and oxygen atoms in total. The molecule has 0 heterocycles. The van der Waals surface area contributed by atoms with Crippen molar-refractivity contribution in [1.82, 2.24) is 9.80 Å². The molecule has 0 aromatic rings. The van der Waals surface area contributed by atoms with Crippen molar-refractivity contribution in [3.05, 3.63) is 11.4 Å². The first-order valence-corrected chi connectivity index (χ1v) is 8.39. The van der Waals surface area contributed by atoms with Crippen molar-refractivity contribution in [2.45, 2.75) is 83.5 Å². The highest BCUT2D eigenvalue weighted by molar-refractivity contribution is 14.1. The maximum absolute atomic E-state index is 2.58. The molecule has 18 heavy (non-hydrogen) atoms. The number of rotatable bonds is 6. The Bertz CT molecular complexity index is 272. The molecule has 1 aliphatic rings. The number of alkyl halides is 1. The van der Waals surface area contributed by atoms with E-state index in [2.05, 4.69) is 87.8 Å². The Hall–Kier alpha value is 0.0700. The van der Waals surface area contributed by atoms with Gasteiger partial charge in [0.25, 0.3) is 0 Å². The minimum atomic E-state index is 0.580. The van der Waals surface area contributed by atoms with Gasteiger partial charge in [-0.3, -0.25) is 0 Å². The quantitative estimate of drug-likeness (QED) is 0.514. The summed E-state index contributed by atoms with van der Waals surface area (Å²) in [5.74, 6) is 0. The van der Waals surface area contributed by atoms with E-state index in [9.17, 15) is 0 Å². The predicted molar refractivity (Wildman–Crippen MR) is 89.1 cm³/mol. The lowest BCUT2D eigenvalue weighted by atomic mass is 10.2. The molecule has 0 radical (unpaired) electrons. The van der Waals surface area contributed by atoms with E-state index in [4.69, 9.17) is 0 Å². The normalized spacial score (nSPS) is 16.5. The Balaban J connectivity index is 3.01. The highest BCUT2D eigenvalue weighted by Gasteiger charge is 2.44. The van der Waals surface area contributed by atoms with Crippen molar-refractivity contribution in [3.8, 4) is 0 Å². The summed E-state index contributed by atoms with van der Waals surface area (Å²) in [6.45, 7) is 18.3. The van der Waals surface area contributed by atoms with Gasteiger partial charge in [0, 0.05) is 24.2 Å². The van der Waals surface area contributed by atoms with Crippen LogP contribution in [0, 0.1) is 0 Å². The predicted octanol–water partition coefficient (Wildman–Crippen LogP) is 4.25. The molecule has 0 unspecified atom stereocenters. The zero-order valence-electron chi connectivity index (χ0n) is 13.2.